The van der Waals surface area contributed by atoms with Gasteiger partial charge in [0.1, 0.15) is 11.7 Å². The van der Waals surface area contributed by atoms with Crippen LogP contribution in [-0.4, -0.2) is 23.4 Å². The maximum Gasteiger partial charge on any atom is 0.426 e. The molecule has 2 aromatic rings. The number of fused-ring (bicyclic) bond motifs is 3. The molecule has 0 spiro atoms. The van der Waals surface area contributed by atoms with Gasteiger partial charge in [-0.2, -0.15) is 13.2 Å². The van der Waals surface area contributed by atoms with Crippen molar-refractivity contribution in [3.05, 3.63) is 42.0 Å². The first-order valence-corrected chi connectivity index (χ1v) is 6.35. The first-order chi connectivity index (χ1) is 9.88. The molecule has 2 atom stereocenters. The van der Waals surface area contributed by atoms with Crippen LogP contribution >= 0.6 is 0 Å². The van der Waals surface area contributed by atoms with Crippen LogP contribution in [0.25, 0.3) is 10.8 Å². The number of carbonyl (C=O) groups is 1. The van der Waals surface area contributed by atoms with Gasteiger partial charge in [-0.1, -0.05) is 36.4 Å². The highest BCUT2D eigenvalue weighted by molar-refractivity contribution is 5.90. The normalized spacial score (nSPS) is 21.7. The van der Waals surface area contributed by atoms with E-state index in [9.17, 15) is 18.0 Å². The zero-order valence-corrected chi connectivity index (χ0v) is 10.7. The lowest BCUT2D eigenvalue weighted by Gasteiger charge is -2.33. The molecule has 21 heavy (non-hydrogen) atoms. The van der Waals surface area contributed by atoms with Gasteiger partial charge in [-0.25, -0.2) is 0 Å². The molecule has 3 nitrogen and oxygen atoms in total. The van der Waals surface area contributed by atoms with Crippen molar-refractivity contribution in [1.29, 1.82) is 0 Å². The first kappa shape index (κ1) is 13.7. The smallest absolute Gasteiger partial charge is 0.426 e. The van der Waals surface area contributed by atoms with E-state index in [4.69, 9.17) is 9.84 Å². The van der Waals surface area contributed by atoms with Crippen molar-refractivity contribution in [3.8, 4) is 5.75 Å². The molecule has 1 heterocycles. The summed E-state index contributed by atoms with van der Waals surface area (Å²) in [5, 5.41) is 10.3. The molecule has 0 bridgehead atoms. The predicted octanol–water partition coefficient (Wildman–Crippen LogP) is 3.41. The molecule has 0 radical (unpaired) electrons. The van der Waals surface area contributed by atoms with Crippen molar-refractivity contribution >= 4 is 16.7 Å². The van der Waals surface area contributed by atoms with Gasteiger partial charge in [0.05, 0.1) is 0 Å². The van der Waals surface area contributed by atoms with Crippen LogP contribution in [0, 0.1) is 5.92 Å². The molecule has 0 amide bonds. The zero-order chi connectivity index (χ0) is 15.2. The Morgan fingerprint density at radius 1 is 1.19 bits per heavy atom. The number of hydrogen-bond acceptors (Lipinski definition) is 2. The highest BCUT2D eigenvalue weighted by Crippen LogP contribution is 2.41. The first-order valence-electron chi connectivity index (χ1n) is 6.35. The summed E-state index contributed by atoms with van der Waals surface area (Å²) in [6, 6.07) is 10.3. The third kappa shape index (κ3) is 2.30. The molecular weight excluding hydrogens is 285 g/mol. The van der Waals surface area contributed by atoms with Gasteiger partial charge in [0.2, 0.25) is 6.10 Å². The summed E-state index contributed by atoms with van der Waals surface area (Å²) in [7, 11) is 0. The van der Waals surface area contributed by atoms with E-state index in [-0.39, 0.29) is 12.2 Å². The van der Waals surface area contributed by atoms with E-state index in [0.717, 1.165) is 5.39 Å². The number of aliphatic carboxylic acids is 1. The summed E-state index contributed by atoms with van der Waals surface area (Å²) in [5.41, 5.74) is 0.488. The second kappa shape index (κ2) is 4.65. The maximum atomic E-state index is 13.1. The summed E-state index contributed by atoms with van der Waals surface area (Å²) in [5.74, 6) is -3.00. The third-order valence-electron chi connectivity index (χ3n) is 3.65. The van der Waals surface area contributed by atoms with Crippen molar-refractivity contribution in [2.24, 2.45) is 5.92 Å². The molecule has 110 valence electrons. The lowest BCUT2D eigenvalue weighted by atomic mass is 9.88. The van der Waals surface area contributed by atoms with Crippen LogP contribution in [0.5, 0.6) is 5.75 Å². The topological polar surface area (TPSA) is 46.5 Å². The Kier molecular flexibility index (Phi) is 3.04. The minimum atomic E-state index is -4.72. The minimum absolute atomic E-state index is 0.132. The molecule has 3 rings (SSSR count). The van der Waals surface area contributed by atoms with Crippen molar-refractivity contribution in [3.63, 3.8) is 0 Å². The summed E-state index contributed by atoms with van der Waals surface area (Å²) in [6.07, 6.45) is -7.24. The fourth-order valence-corrected chi connectivity index (χ4v) is 2.65. The Morgan fingerprint density at radius 2 is 1.90 bits per heavy atom. The van der Waals surface area contributed by atoms with E-state index in [2.05, 4.69) is 0 Å². The Balaban J connectivity index is 2.15. The molecule has 0 fully saturated rings. The summed E-state index contributed by atoms with van der Waals surface area (Å²) in [6.45, 7) is 0. The van der Waals surface area contributed by atoms with Crippen LogP contribution in [0.4, 0.5) is 13.2 Å². The zero-order valence-electron chi connectivity index (χ0n) is 10.7. The minimum Gasteiger partial charge on any atom is -0.481 e. The molecule has 0 saturated heterocycles. The van der Waals surface area contributed by atoms with Gasteiger partial charge in [0.25, 0.3) is 0 Å². The van der Waals surface area contributed by atoms with Crippen molar-refractivity contribution in [2.45, 2.75) is 18.7 Å². The van der Waals surface area contributed by atoms with Crippen molar-refractivity contribution < 1.29 is 27.8 Å². The van der Waals surface area contributed by atoms with E-state index in [0.29, 0.717) is 10.9 Å². The van der Waals surface area contributed by atoms with Gasteiger partial charge >= 0.3 is 12.1 Å². The van der Waals surface area contributed by atoms with Gasteiger partial charge in [0, 0.05) is 5.39 Å². The van der Waals surface area contributed by atoms with Crippen LogP contribution in [0.3, 0.4) is 0 Å². The van der Waals surface area contributed by atoms with Crippen molar-refractivity contribution in [1.82, 2.24) is 0 Å². The summed E-state index contributed by atoms with van der Waals surface area (Å²) in [4.78, 5) is 11.1. The highest BCUT2D eigenvalue weighted by atomic mass is 19.4. The van der Waals surface area contributed by atoms with Crippen LogP contribution in [-0.2, 0) is 11.2 Å². The Labute approximate surface area is 117 Å². The fourth-order valence-electron chi connectivity index (χ4n) is 2.65. The highest BCUT2D eigenvalue weighted by Gasteiger charge is 2.52. The molecule has 0 unspecified atom stereocenters. The Bertz CT molecular complexity index is 709. The molecule has 1 N–H and O–H groups in total. The molecule has 1 aliphatic heterocycles. The van der Waals surface area contributed by atoms with Gasteiger partial charge in [-0.3, -0.25) is 4.79 Å². The van der Waals surface area contributed by atoms with Crippen molar-refractivity contribution in [2.75, 3.05) is 0 Å². The SMILES string of the molecule is O=C(O)[C@@H]1Cc2ccc3ccccc3c2O[C@@H]1C(F)(F)F. The number of ether oxygens (including phenoxy) is 1. The lowest BCUT2D eigenvalue weighted by Crippen LogP contribution is -2.47. The van der Waals surface area contributed by atoms with Gasteiger partial charge in [0.15, 0.2) is 0 Å². The Morgan fingerprint density at radius 3 is 2.57 bits per heavy atom. The molecule has 6 heteroatoms. The number of carboxylic acids is 1. The standard InChI is InChI=1S/C15H11F3O3/c16-15(17,18)13-11(14(19)20)7-9-6-5-8-3-1-2-4-10(8)12(9)21-13/h1-6,11,13H,7H2,(H,19,20)/t11-,13+/m1/s1. The fraction of sp³-hybridized carbons (Fsp3) is 0.267. The monoisotopic (exact) mass is 296 g/mol. The number of carboxylic acid groups (broad SMARTS) is 1. The predicted molar refractivity (Wildman–Crippen MR) is 69.2 cm³/mol. The molecule has 1 aliphatic rings. The van der Waals surface area contributed by atoms with Crippen LogP contribution in [0.2, 0.25) is 0 Å². The molecule has 0 aromatic heterocycles. The molecule has 0 aliphatic carbocycles. The molecule has 0 saturated carbocycles. The molecule has 2 aromatic carbocycles. The molecular formula is C15H11F3O3. The quantitative estimate of drug-likeness (QED) is 0.877. The van der Waals surface area contributed by atoms with Crippen LogP contribution in [0.1, 0.15) is 5.56 Å². The number of benzene rings is 2. The maximum absolute atomic E-state index is 13.1. The second-order valence-electron chi connectivity index (χ2n) is 5.00. The average molecular weight is 296 g/mol. The van der Waals surface area contributed by atoms with Gasteiger partial charge in [-0.15, -0.1) is 0 Å². The van der Waals surface area contributed by atoms with Crippen LogP contribution < -0.4 is 4.74 Å². The Hall–Kier alpha value is -2.24. The van der Waals surface area contributed by atoms with Crippen LogP contribution in [0.15, 0.2) is 36.4 Å². The number of alkyl halides is 3. The average Bonchev–Trinajstić information content (AvgIpc) is 2.44. The number of hydrogen-bond donors (Lipinski definition) is 1. The summed E-state index contributed by atoms with van der Waals surface area (Å²) >= 11 is 0. The van der Waals surface area contributed by atoms with E-state index in [1.54, 1.807) is 36.4 Å². The largest absolute Gasteiger partial charge is 0.481 e. The number of rotatable bonds is 1. The van der Waals surface area contributed by atoms with Gasteiger partial charge in [-0.05, 0) is 17.4 Å². The number of halogens is 3. The summed E-state index contributed by atoms with van der Waals surface area (Å²) < 4.78 is 44.3. The van der Waals surface area contributed by atoms with E-state index >= 15 is 0 Å². The lowest BCUT2D eigenvalue weighted by molar-refractivity contribution is -0.217. The third-order valence-corrected chi connectivity index (χ3v) is 3.65. The van der Waals surface area contributed by atoms with E-state index in [1.807, 2.05) is 0 Å². The van der Waals surface area contributed by atoms with E-state index in [1.165, 1.54) is 0 Å². The second-order valence-corrected chi connectivity index (χ2v) is 5.00. The van der Waals surface area contributed by atoms with Gasteiger partial charge < -0.3 is 9.84 Å². The van der Waals surface area contributed by atoms with E-state index < -0.39 is 24.2 Å².